The van der Waals surface area contributed by atoms with Gasteiger partial charge < -0.3 is 5.11 Å². The van der Waals surface area contributed by atoms with Crippen LogP contribution in [0.5, 0.6) is 0 Å². The van der Waals surface area contributed by atoms with Crippen molar-refractivity contribution in [1.29, 1.82) is 0 Å². The first-order valence-electron chi connectivity index (χ1n) is 5.16. The molecule has 1 aliphatic rings. The average molecular weight is 244 g/mol. The van der Waals surface area contributed by atoms with Crippen LogP contribution in [0.25, 0.3) is 0 Å². The van der Waals surface area contributed by atoms with Crippen molar-refractivity contribution < 1.29 is 23.1 Å². The van der Waals surface area contributed by atoms with Crippen LogP contribution in [-0.4, -0.2) is 11.1 Å². The first-order chi connectivity index (χ1) is 7.75. The third-order valence-corrected chi connectivity index (χ3v) is 3.37. The van der Waals surface area contributed by atoms with Crippen LogP contribution >= 0.6 is 0 Å². The summed E-state index contributed by atoms with van der Waals surface area (Å²) in [4.78, 5) is 10.9. The van der Waals surface area contributed by atoms with Gasteiger partial charge in [-0.05, 0) is 31.0 Å². The van der Waals surface area contributed by atoms with Crippen LogP contribution in [-0.2, 0) is 11.0 Å². The van der Waals surface area contributed by atoms with Crippen molar-refractivity contribution in [2.24, 2.45) is 5.41 Å². The van der Waals surface area contributed by atoms with Gasteiger partial charge in [0.05, 0.1) is 11.0 Å². The zero-order valence-corrected chi connectivity index (χ0v) is 9.08. The Hall–Kier alpha value is -1.52. The Morgan fingerprint density at radius 2 is 1.88 bits per heavy atom. The zero-order chi connectivity index (χ0) is 12.8. The molecule has 1 aromatic carbocycles. The van der Waals surface area contributed by atoms with Crippen LogP contribution in [0.4, 0.5) is 13.2 Å². The molecule has 1 fully saturated rings. The van der Waals surface area contributed by atoms with E-state index in [1.54, 1.807) is 6.92 Å². The molecule has 0 radical (unpaired) electrons. The lowest BCUT2D eigenvalue weighted by molar-refractivity contribution is -0.143. The van der Waals surface area contributed by atoms with Gasteiger partial charge in [0.25, 0.3) is 0 Å². The molecule has 0 unspecified atom stereocenters. The fraction of sp³-hybridized carbons (Fsp3) is 0.417. The highest BCUT2D eigenvalue weighted by Crippen LogP contribution is 2.59. The third-order valence-electron chi connectivity index (χ3n) is 3.37. The van der Waals surface area contributed by atoms with Gasteiger partial charge in [0.2, 0.25) is 0 Å². The van der Waals surface area contributed by atoms with Gasteiger partial charge in [-0.15, -0.1) is 0 Å². The summed E-state index contributed by atoms with van der Waals surface area (Å²) in [5.74, 6) is -1.08. The number of aliphatic carboxylic acids is 1. The van der Waals surface area contributed by atoms with Gasteiger partial charge in [-0.1, -0.05) is 12.1 Å². The molecule has 5 heteroatoms. The van der Waals surface area contributed by atoms with Crippen LogP contribution in [0, 0.1) is 5.41 Å². The predicted molar refractivity (Wildman–Crippen MR) is 54.5 cm³/mol. The SMILES string of the molecule is C[C@]1(C(=O)O)C[C@@H]1c1ccc(C(F)(F)F)cc1. The number of hydrogen-bond acceptors (Lipinski definition) is 1. The first kappa shape index (κ1) is 12.0. The van der Waals surface area contributed by atoms with Gasteiger partial charge in [-0.25, -0.2) is 0 Å². The molecule has 0 aromatic heterocycles. The molecule has 92 valence electrons. The van der Waals surface area contributed by atoms with E-state index < -0.39 is 23.1 Å². The second kappa shape index (κ2) is 3.48. The molecule has 0 spiro atoms. The first-order valence-corrected chi connectivity index (χ1v) is 5.16. The van der Waals surface area contributed by atoms with Crippen molar-refractivity contribution in [2.45, 2.75) is 25.4 Å². The minimum atomic E-state index is -4.35. The van der Waals surface area contributed by atoms with Crippen LogP contribution in [0.3, 0.4) is 0 Å². The molecule has 0 heterocycles. The van der Waals surface area contributed by atoms with Crippen molar-refractivity contribution >= 4 is 5.97 Å². The highest BCUT2D eigenvalue weighted by atomic mass is 19.4. The molecule has 0 amide bonds. The molecular formula is C12H11F3O2. The summed E-state index contributed by atoms with van der Waals surface area (Å²) in [6.45, 7) is 1.61. The number of alkyl halides is 3. The third kappa shape index (κ3) is 2.01. The van der Waals surface area contributed by atoms with E-state index in [0.717, 1.165) is 12.1 Å². The van der Waals surface area contributed by atoms with Crippen molar-refractivity contribution in [3.63, 3.8) is 0 Å². The molecule has 1 N–H and O–H groups in total. The summed E-state index contributed by atoms with van der Waals surface area (Å²) in [6.07, 6.45) is -3.87. The summed E-state index contributed by atoms with van der Waals surface area (Å²) in [5.41, 5.74) is -0.874. The van der Waals surface area contributed by atoms with Crippen molar-refractivity contribution in [1.82, 2.24) is 0 Å². The fourth-order valence-electron chi connectivity index (χ4n) is 1.99. The maximum atomic E-state index is 12.3. The van der Waals surface area contributed by atoms with Crippen molar-refractivity contribution in [3.05, 3.63) is 35.4 Å². The normalized spacial score (nSPS) is 27.9. The van der Waals surface area contributed by atoms with E-state index in [2.05, 4.69) is 0 Å². The van der Waals surface area contributed by atoms with Crippen LogP contribution in [0.1, 0.15) is 30.4 Å². The number of halogens is 3. The minimum Gasteiger partial charge on any atom is -0.481 e. The second-order valence-electron chi connectivity index (χ2n) is 4.60. The second-order valence-corrected chi connectivity index (χ2v) is 4.60. The fourth-order valence-corrected chi connectivity index (χ4v) is 1.99. The number of carbonyl (C=O) groups is 1. The van der Waals surface area contributed by atoms with Gasteiger partial charge in [-0.3, -0.25) is 4.79 Å². The standard InChI is InChI=1S/C12H11F3O2/c1-11(10(16)17)6-9(11)7-2-4-8(5-3-7)12(13,14)15/h2-5,9H,6H2,1H3,(H,16,17)/t9-,11+/m1/s1. The smallest absolute Gasteiger partial charge is 0.416 e. The van der Waals surface area contributed by atoms with E-state index in [1.807, 2.05) is 0 Å². The Balaban J connectivity index is 2.19. The summed E-state index contributed by atoms with van der Waals surface area (Å²) in [6, 6.07) is 4.72. The van der Waals surface area contributed by atoms with E-state index in [0.29, 0.717) is 12.0 Å². The summed E-state index contributed by atoms with van der Waals surface area (Å²) in [5, 5.41) is 8.95. The molecule has 2 atom stereocenters. The largest absolute Gasteiger partial charge is 0.481 e. The van der Waals surface area contributed by atoms with Crippen LogP contribution < -0.4 is 0 Å². The van der Waals surface area contributed by atoms with Crippen molar-refractivity contribution in [3.8, 4) is 0 Å². The Morgan fingerprint density at radius 1 is 1.35 bits per heavy atom. The number of benzene rings is 1. The van der Waals surface area contributed by atoms with Crippen LogP contribution in [0.15, 0.2) is 24.3 Å². The molecule has 0 aliphatic heterocycles. The van der Waals surface area contributed by atoms with Crippen LogP contribution in [0.2, 0.25) is 0 Å². The average Bonchev–Trinajstić information content (AvgIpc) is 2.91. The zero-order valence-electron chi connectivity index (χ0n) is 9.08. The quantitative estimate of drug-likeness (QED) is 0.866. The Labute approximate surface area is 96.1 Å². The van der Waals surface area contributed by atoms with E-state index in [9.17, 15) is 18.0 Å². The molecule has 17 heavy (non-hydrogen) atoms. The molecule has 1 saturated carbocycles. The maximum absolute atomic E-state index is 12.3. The van der Waals surface area contributed by atoms with Gasteiger partial charge in [0.15, 0.2) is 0 Å². The van der Waals surface area contributed by atoms with E-state index in [-0.39, 0.29) is 5.92 Å². The highest BCUT2D eigenvalue weighted by molar-refractivity contribution is 5.80. The molecule has 0 bridgehead atoms. The molecule has 1 aliphatic carbocycles. The lowest BCUT2D eigenvalue weighted by Crippen LogP contribution is -2.12. The Morgan fingerprint density at radius 3 is 2.24 bits per heavy atom. The molecule has 1 aromatic rings. The van der Waals surface area contributed by atoms with Gasteiger partial charge in [0, 0.05) is 5.92 Å². The molecule has 0 saturated heterocycles. The lowest BCUT2D eigenvalue weighted by Gasteiger charge is -2.08. The highest BCUT2D eigenvalue weighted by Gasteiger charge is 2.57. The minimum absolute atomic E-state index is 0.178. The summed E-state index contributed by atoms with van der Waals surface area (Å²) >= 11 is 0. The number of carboxylic acids is 1. The van der Waals surface area contributed by atoms with E-state index in [1.165, 1.54) is 12.1 Å². The summed E-state index contributed by atoms with van der Waals surface area (Å²) < 4.78 is 37.0. The Kier molecular flexibility index (Phi) is 2.45. The topological polar surface area (TPSA) is 37.3 Å². The monoisotopic (exact) mass is 244 g/mol. The molecule has 2 nitrogen and oxygen atoms in total. The van der Waals surface area contributed by atoms with E-state index >= 15 is 0 Å². The lowest BCUT2D eigenvalue weighted by atomic mass is 10.0. The van der Waals surface area contributed by atoms with E-state index in [4.69, 9.17) is 5.11 Å². The van der Waals surface area contributed by atoms with Gasteiger partial charge in [0.1, 0.15) is 0 Å². The molecular weight excluding hydrogens is 233 g/mol. The Bertz CT molecular complexity index is 450. The number of rotatable bonds is 2. The maximum Gasteiger partial charge on any atom is 0.416 e. The molecule has 2 rings (SSSR count). The number of hydrogen-bond donors (Lipinski definition) is 1. The van der Waals surface area contributed by atoms with Crippen molar-refractivity contribution in [2.75, 3.05) is 0 Å². The predicted octanol–water partition coefficient (Wildman–Crippen LogP) is 3.28. The number of carboxylic acid groups (broad SMARTS) is 1. The van der Waals surface area contributed by atoms with Gasteiger partial charge in [-0.2, -0.15) is 13.2 Å². The van der Waals surface area contributed by atoms with Gasteiger partial charge >= 0.3 is 12.1 Å². The summed E-state index contributed by atoms with van der Waals surface area (Å²) in [7, 11) is 0.